The molecule has 0 N–H and O–H groups in total. The van der Waals surface area contributed by atoms with Crippen molar-refractivity contribution in [3.8, 4) is 28.2 Å². The van der Waals surface area contributed by atoms with E-state index in [-0.39, 0.29) is 0 Å². The molecule has 0 saturated heterocycles. The molecule has 53 heavy (non-hydrogen) atoms. The van der Waals surface area contributed by atoms with Gasteiger partial charge in [0.1, 0.15) is 16.9 Å². The molecule has 0 radical (unpaired) electrons. The van der Waals surface area contributed by atoms with E-state index < -0.39 is 0 Å². The number of hydrogen-bond acceptors (Lipinski definition) is 4. The standard InChI is InChI=1S/C48H27N3OS/c1-2-12-29-25-41-36(24-28(29)11-1)37-27-44-38(33-15-3-7-21-43(33)52-44)26-42(37)51(41)48-46(49-39-19-5-6-20-40(39)50-48)31-14-9-13-30(23-31)32-17-10-18-35-34-16-4-8-22-45(34)53-47(32)35/h1-27H. The summed E-state index contributed by atoms with van der Waals surface area (Å²) in [7, 11) is 0. The van der Waals surface area contributed by atoms with Crippen LogP contribution in [0.3, 0.4) is 0 Å². The lowest BCUT2D eigenvalue weighted by Gasteiger charge is -2.15. The first-order valence-electron chi connectivity index (χ1n) is 17.8. The van der Waals surface area contributed by atoms with Crippen LogP contribution >= 0.6 is 11.3 Å². The lowest BCUT2D eigenvalue weighted by molar-refractivity contribution is 0.669. The fraction of sp³-hybridized carbons (Fsp3) is 0. The summed E-state index contributed by atoms with van der Waals surface area (Å²) in [5, 5.41) is 9.38. The van der Waals surface area contributed by atoms with Crippen molar-refractivity contribution in [2.75, 3.05) is 0 Å². The second-order valence-corrected chi connectivity index (χ2v) is 14.8. The molecule has 0 aliphatic heterocycles. The Hall–Kier alpha value is -6.82. The number of rotatable bonds is 3. The van der Waals surface area contributed by atoms with Gasteiger partial charge in [0.25, 0.3) is 0 Å². The van der Waals surface area contributed by atoms with E-state index in [1.165, 1.54) is 36.5 Å². The van der Waals surface area contributed by atoms with Crippen LogP contribution in [0.15, 0.2) is 168 Å². The van der Waals surface area contributed by atoms with Gasteiger partial charge in [0, 0.05) is 47.3 Å². The van der Waals surface area contributed by atoms with E-state index >= 15 is 0 Å². The van der Waals surface area contributed by atoms with Crippen molar-refractivity contribution in [3.05, 3.63) is 164 Å². The van der Waals surface area contributed by atoms with Gasteiger partial charge in [0.15, 0.2) is 5.82 Å². The maximum Gasteiger partial charge on any atom is 0.165 e. The molecule has 12 rings (SSSR count). The number of aromatic nitrogens is 3. The minimum absolute atomic E-state index is 0.795. The molecule has 0 aliphatic carbocycles. The number of hydrogen-bond donors (Lipinski definition) is 0. The summed E-state index contributed by atoms with van der Waals surface area (Å²) in [4.78, 5) is 10.9. The Labute approximate surface area is 306 Å². The summed E-state index contributed by atoms with van der Waals surface area (Å²) in [6.45, 7) is 0. The van der Waals surface area contributed by atoms with Gasteiger partial charge in [0.05, 0.1) is 22.1 Å². The van der Waals surface area contributed by atoms with Gasteiger partial charge in [-0.2, -0.15) is 0 Å². The first kappa shape index (κ1) is 28.8. The molecule has 0 fully saturated rings. The lowest BCUT2D eigenvalue weighted by Crippen LogP contribution is -2.04. The molecule has 4 nitrogen and oxygen atoms in total. The van der Waals surface area contributed by atoms with E-state index in [9.17, 15) is 0 Å². The minimum Gasteiger partial charge on any atom is -0.456 e. The van der Waals surface area contributed by atoms with Gasteiger partial charge in [-0.3, -0.25) is 4.57 Å². The van der Waals surface area contributed by atoms with Gasteiger partial charge in [-0.1, -0.05) is 109 Å². The number of para-hydroxylation sites is 3. The summed E-state index contributed by atoms with van der Waals surface area (Å²) in [6, 6.07) is 58.3. The maximum absolute atomic E-state index is 6.43. The Morgan fingerprint density at radius 3 is 2.04 bits per heavy atom. The van der Waals surface area contributed by atoms with Crippen LogP contribution in [0.1, 0.15) is 0 Å². The first-order valence-corrected chi connectivity index (χ1v) is 18.6. The van der Waals surface area contributed by atoms with Crippen LogP contribution in [0.2, 0.25) is 0 Å². The lowest BCUT2D eigenvalue weighted by atomic mass is 9.99. The zero-order valence-corrected chi connectivity index (χ0v) is 29.1. The van der Waals surface area contributed by atoms with Crippen LogP contribution in [0.5, 0.6) is 0 Å². The Bertz CT molecular complexity index is 3480. The van der Waals surface area contributed by atoms with Crippen LogP contribution in [-0.2, 0) is 0 Å². The molecule has 0 unspecified atom stereocenters. The normalized spacial score (nSPS) is 12.2. The van der Waals surface area contributed by atoms with E-state index in [1.54, 1.807) is 0 Å². The van der Waals surface area contributed by atoms with Crippen molar-refractivity contribution in [1.82, 2.24) is 14.5 Å². The van der Waals surface area contributed by atoms with Crippen molar-refractivity contribution >= 4 is 97.1 Å². The molecule has 5 heteroatoms. The second kappa shape index (κ2) is 10.8. The Morgan fingerprint density at radius 2 is 1.13 bits per heavy atom. The minimum atomic E-state index is 0.795. The molecule has 0 atom stereocenters. The molecule has 0 spiro atoms. The molecular weight excluding hydrogens is 667 g/mol. The van der Waals surface area contributed by atoms with Gasteiger partial charge in [-0.25, -0.2) is 9.97 Å². The summed E-state index contributed by atoms with van der Waals surface area (Å²) >= 11 is 1.85. The Morgan fingerprint density at radius 1 is 0.453 bits per heavy atom. The Kier molecular flexibility index (Phi) is 5.90. The average Bonchev–Trinajstić information content (AvgIpc) is 3.87. The van der Waals surface area contributed by atoms with Gasteiger partial charge >= 0.3 is 0 Å². The highest BCUT2D eigenvalue weighted by Gasteiger charge is 2.22. The number of thiophene rings is 1. The van der Waals surface area contributed by atoms with Crippen LogP contribution in [-0.4, -0.2) is 14.5 Å². The fourth-order valence-corrected chi connectivity index (χ4v) is 9.53. The van der Waals surface area contributed by atoms with E-state index in [2.05, 4.69) is 144 Å². The smallest absolute Gasteiger partial charge is 0.165 e. The molecule has 0 amide bonds. The Balaban J connectivity index is 1.18. The zero-order chi connectivity index (χ0) is 34.6. The predicted molar refractivity (Wildman–Crippen MR) is 222 cm³/mol. The number of furan rings is 1. The molecule has 4 aromatic heterocycles. The third-order valence-corrected chi connectivity index (χ3v) is 12.0. The van der Waals surface area contributed by atoms with E-state index in [1.807, 2.05) is 35.6 Å². The quantitative estimate of drug-likeness (QED) is 0.185. The van der Waals surface area contributed by atoms with Crippen LogP contribution < -0.4 is 0 Å². The van der Waals surface area contributed by atoms with Crippen molar-refractivity contribution < 1.29 is 4.42 Å². The van der Waals surface area contributed by atoms with Crippen molar-refractivity contribution in [2.24, 2.45) is 0 Å². The molecule has 0 bridgehead atoms. The van der Waals surface area contributed by atoms with Gasteiger partial charge < -0.3 is 4.42 Å². The summed E-state index contributed by atoms with van der Waals surface area (Å²) in [5.41, 5.74) is 9.82. The first-order chi connectivity index (χ1) is 26.2. The molecule has 12 aromatic rings. The molecule has 4 heterocycles. The van der Waals surface area contributed by atoms with Crippen LogP contribution in [0.4, 0.5) is 0 Å². The average molecular weight is 694 g/mol. The topological polar surface area (TPSA) is 43.9 Å². The summed E-state index contributed by atoms with van der Waals surface area (Å²) < 4.78 is 11.3. The van der Waals surface area contributed by atoms with E-state index in [4.69, 9.17) is 14.4 Å². The highest BCUT2D eigenvalue weighted by atomic mass is 32.1. The number of nitrogens with zero attached hydrogens (tertiary/aromatic N) is 3. The van der Waals surface area contributed by atoms with Gasteiger partial charge in [-0.15, -0.1) is 11.3 Å². The molecule has 8 aromatic carbocycles. The fourth-order valence-electron chi connectivity index (χ4n) is 8.30. The third kappa shape index (κ3) is 4.23. The van der Waals surface area contributed by atoms with Gasteiger partial charge in [-0.05, 0) is 76.5 Å². The monoisotopic (exact) mass is 693 g/mol. The highest BCUT2D eigenvalue weighted by molar-refractivity contribution is 7.26. The van der Waals surface area contributed by atoms with Gasteiger partial charge in [0.2, 0.25) is 0 Å². The number of fused-ring (bicyclic) bond motifs is 11. The third-order valence-electron chi connectivity index (χ3n) is 10.7. The second-order valence-electron chi connectivity index (χ2n) is 13.8. The summed E-state index contributed by atoms with van der Waals surface area (Å²) in [5.74, 6) is 0.795. The van der Waals surface area contributed by atoms with E-state index in [0.29, 0.717) is 0 Å². The SMILES string of the molecule is c1cc(-c2nc3ccccc3nc2-n2c3cc4ccccc4cc3c3cc4oc5ccccc5c4cc32)cc(-c2cccc3c2sc2ccccc23)c1. The largest absolute Gasteiger partial charge is 0.456 e. The predicted octanol–water partition coefficient (Wildman–Crippen LogP) is 13.5. The highest BCUT2D eigenvalue weighted by Crippen LogP contribution is 2.43. The maximum atomic E-state index is 6.43. The molecule has 0 saturated carbocycles. The summed E-state index contributed by atoms with van der Waals surface area (Å²) in [6.07, 6.45) is 0. The van der Waals surface area contributed by atoms with Crippen LogP contribution in [0, 0.1) is 0 Å². The number of benzene rings is 8. The van der Waals surface area contributed by atoms with Crippen molar-refractivity contribution in [3.63, 3.8) is 0 Å². The zero-order valence-electron chi connectivity index (χ0n) is 28.2. The van der Waals surface area contributed by atoms with E-state index in [0.717, 1.165) is 77.4 Å². The molecular formula is C48H27N3OS. The van der Waals surface area contributed by atoms with Crippen LogP contribution in [0.25, 0.3) is 114 Å². The van der Waals surface area contributed by atoms with Crippen molar-refractivity contribution in [1.29, 1.82) is 0 Å². The molecule has 246 valence electrons. The van der Waals surface area contributed by atoms with Crippen molar-refractivity contribution in [2.45, 2.75) is 0 Å². The molecule has 0 aliphatic rings.